The van der Waals surface area contributed by atoms with Crippen LogP contribution in [0.15, 0.2) is 0 Å². The smallest absolute Gasteiger partial charge is 0.0591 e. The highest BCUT2D eigenvalue weighted by atomic mass is 16.5. The fourth-order valence-electron chi connectivity index (χ4n) is 1.10. The van der Waals surface area contributed by atoms with Crippen molar-refractivity contribution >= 4 is 0 Å². The van der Waals surface area contributed by atoms with E-state index >= 15 is 0 Å². The van der Waals surface area contributed by atoms with Gasteiger partial charge >= 0.3 is 0 Å². The quantitative estimate of drug-likeness (QED) is 0.640. The van der Waals surface area contributed by atoms with Gasteiger partial charge in [0.25, 0.3) is 0 Å². The minimum atomic E-state index is 0.407. The fourth-order valence-corrected chi connectivity index (χ4v) is 1.10. The molecule has 0 atom stereocenters. The van der Waals surface area contributed by atoms with Gasteiger partial charge in [0.2, 0.25) is 0 Å². The molecule has 1 N–H and O–H groups in total. The lowest BCUT2D eigenvalue weighted by molar-refractivity contribution is 0.110. The first-order chi connectivity index (χ1) is 6.08. The maximum Gasteiger partial charge on any atom is 0.0591 e. The summed E-state index contributed by atoms with van der Waals surface area (Å²) >= 11 is 0. The minimum absolute atomic E-state index is 0.407. The van der Waals surface area contributed by atoms with Crippen LogP contribution in [0.2, 0.25) is 0 Å². The van der Waals surface area contributed by atoms with E-state index in [2.05, 4.69) is 26.1 Å². The number of rotatable bonds is 6. The number of hydrogen-bond acceptors (Lipinski definition) is 2. The fraction of sp³-hybridized carbons (Fsp3) is 1.00. The van der Waals surface area contributed by atoms with Crippen LogP contribution in [0.3, 0.4) is 0 Å². The van der Waals surface area contributed by atoms with Gasteiger partial charge in [-0.3, -0.25) is 0 Å². The summed E-state index contributed by atoms with van der Waals surface area (Å²) in [7, 11) is 0. The highest BCUT2D eigenvalue weighted by Crippen LogP contribution is 2.18. The van der Waals surface area contributed by atoms with Crippen LogP contribution in [0.4, 0.5) is 0 Å². The molecule has 78 valence electrons. The Morgan fingerprint density at radius 3 is 2.46 bits per heavy atom. The molecule has 0 aromatic rings. The molecule has 0 radical (unpaired) electrons. The molecule has 0 aliphatic heterocycles. The van der Waals surface area contributed by atoms with Gasteiger partial charge in [-0.15, -0.1) is 0 Å². The molecule has 13 heavy (non-hydrogen) atoms. The topological polar surface area (TPSA) is 21.3 Å². The van der Waals surface area contributed by atoms with Crippen molar-refractivity contribution in [3.05, 3.63) is 0 Å². The maximum atomic E-state index is 5.53. The van der Waals surface area contributed by atoms with Gasteiger partial charge in [-0.05, 0) is 24.7 Å². The van der Waals surface area contributed by atoms with Crippen molar-refractivity contribution in [2.75, 3.05) is 19.8 Å². The van der Waals surface area contributed by atoms with Gasteiger partial charge in [-0.2, -0.15) is 0 Å². The molecule has 0 heterocycles. The first-order valence-corrected chi connectivity index (χ1v) is 5.39. The lowest BCUT2D eigenvalue weighted by Crippen LogP contribution is -2.22. The SMILES string of the molecule is CC(C)(C)CCOCCNC1CC1. The lowest BCUT2D eigenvalue weighted by Gasteiger charge is -2.17. The summed E-state index contributed by atoms with van der Waals surface area (Å²) in [5.41, 5.74) is 0.407. The molecule has 0 spiro atoms. The van der Waals surface area contributed by atoms with Crippen molar-refractivity contribution in [3.8, 4) is 0 Å². The Labute approximate surface area is 82.0 Å². The van der Waals surface area contributed by atoms with Crippen LogP contribution in [0.1, 0.15) is 40.0 Å². The highest BCUT2D eigenvalue weighted by molar-refractivity contribution is 4.80. The molecule has 2 heteroatoms. The Kier molecular flexibility index (Phi) is 4.20. The lowest BCUT2D eigenvalue weighted by atomic mass is 9.93. The largest absolute Gasteiger partial charge is 0.380 e. The molecule has 2 nitrogen and oxygen atoms in total. The Hall–Kier alpha value is -0.0800. The van der Waals surface area contributed by atoms with Crippen LogP contribution in [0.25, 0.3) is 0 Å². The van der Waals surface area contributed by atoms with Crippen molar-refractivity contribution in [2.45, 2.75) is 46.1 Å². The monoisotopic (exact) mass is 185 g/mol. The number of ether oxygens (including phenoxy) is 1. The van der Waals surface area contributed by atoms with Crippen LogP contribution < -0.4 is 5.32 Å². The second-order valence-electron chi connectivity index (χ2n) is 5.15. The van der Waals surface area contributed by atoms with Crippen molar-refractivity contribution < 1.29 is 4.74 Å². The molecule has 0 unspecified atom stereocenters. The second kappa shape index (κ2) is 4.97. The Balaban J connectivity index is 1.78. The third-order valence-corrected chi connectivity index (χ3v) is 2.25. The summed E-state index contributed by atoms with van der Waals surface area (Å²) in [5.74, 6) is 0. The zero-order chi connectivity index (χ0) is 9.73. The Bertz CT molecular complexity index is 136. The molecule has 0 saturated heterocycles. The van der Waals surface area contributed by atoms with Gasteiger partial charge in [0.1, 0.15) is 0 Å². The van der Waals surface area contributed by atoms with Gasteiger partial charge in [-0.25, -0.2) is 0 Å². The predicted molar refractivity (Wildman–Crippen MR) is 55.9 cm³/mol. The molecule has 0 amide bonds. The van der Waals surface area contributed by atoms with E-state index in [1.165, 1.54) is 12.8 Å². The van der Waals surface area contributed by atoms with Crippen LogP contribution in [0.5, 0.6) is 0 Å². The first kappa shape index (κ1) is 11.0. The van der Waals surface area contributed by atoms with E-state index in [1.807, 2.05) is 0 Å². The third-order valence-electron chi connectivity index (χ3n) is 2.25. The van der Waals surface area contributed by atoms with Crippen molar-refractivity contribution in [1.82, 2.24) is 5.32 Å². The molecule has 1 aliphatic carbocycles. The van der Waals surface area contributed by atoms with Crippen LogP contribution >= 0.6 is 0 Å². The average Bonchev–Trinajstić information content (AvgIpc) is 2.77. The van der Waals surface area contributed by atoms with Gasteiger partial charge in [-0.1, -0.05) is 20.8 Å². The molecule has 1 aliphatic rings. The molecule has 1 fully saturated rings. The van der Waals surface area contributed by atoms with Crippen LogP contribution in [-0.4, -0.2) is 25.8 Å². The van der Waals surface area contributed by atoms with E-state index in [4.69, 9.17) is 4.74 Å². The van der Waals surface area contributed by atoms with Crippen molar-refractivity contribution in [2.24, 2.45) is 5.41 Å². The van der Waals surface area contributed by atoms with E-state index in [9.17, 15) is 0 Å². The summed E-state index contributed by atoms with van der Waals surface area (Å²) in [6, 6.07) is 0.811. The van der Waals surface area contributed by atoms with Crippen LogP contribution in [-0.2, 0) is 4.74 Å². The highest BCUT2D eigenvalue weighted by Gasteiger charge is 2.19. The molecule has 1 rings (SSSR count). The second-order valence-corrected chi connectivity index (χ2v) is 5.15. The minimum Gasteiger partial charge on any atom is -0.380 e. The van der Waals surface area contributed by atoms with Crippen molar-refractivity contribution in [3.63, 3.8) is 0 Å². The summed E-state index contributed by atoms with van der Waals surface area (Å²) in [4.78, 5) is 0. The van der Waals surface area contributed by atoms with E-state index in [0.29, 0.717) is 5.41 Å². The zero-order valence-corrected chi connectivity index (χ0v) is 9.23. The normalized spacial score (nSPS) is 17.8. The summed E-state index contributed by atoms with van der Waals surface area (Å²) < 4.78 is 5.53. The first-order valence-electron chi connectivity index (χ1n) is 5.39. The van der Waals surface area contributed by atoms with E-state index in [0.717, 1.165) is 32.2 Å². The maximum absolute atomic E-state index is 5.53. The number of hydrogen-bond donors (Lipinski definition) is 1. The molecular formula is C11H23NO. The van der Waals surface area contributed by atoms with E-state index in [1.54, 1.807) is 0 Å². The van der Waals surface area contributed by atoms with Gasteiger partial charge in [0, 0.05) is 19.2 Å². The average molecular weight is 185 g/mol. The molecular weight excluding hydrogens is 162 g/mol. The van der Waals surface area contributed by atoms with Crippen LogP contribution in [0, 0.1) is 5.41 Å². The zero-order valence-electron chi connectivity index (χ0n) is 9.23. The number of nitrogens with one attached hydrogen (secondary N) is 1. The molecule has 1 saturated carbocycles. The molecule has 0 bridgehead atoms. The molecule has 0 aromatic heterocycles. The van der Waals surface area contributed by atoms with Gasteiger partial charge < -0.3 is 10.1 Å². The van der Waals surface area contributed by atoms with E-state index in [-0.39, 0.29) is 0 Å². The Morgan fingerprint density at radius 2 is 1.92 bits per heavy atom. The predicted octanol–water partition coefficient (Wildman–Crippen LogP) is 2.19. The van der Waals surface area contributed by atoms with Gasteiger partial charge in [0.05, 0.1) is 6.61 Å². The summed E-state index contributed by atoms with van der Waals surface area (Å²) in [6.07, 6.45) is 3.88. The standard InChI is InChI=1S/C11H23NO/c1-11(2,3)6-8-13-9-7-12-10-4-5-10/h10,12H,4-9H2,1-3H3. The Morgan fingerprint density at radius 1 is 1.23 bits per heavy atom. The summed E-state index contributed by atoms with van der Waals surface area (Å²) in [5, 5.41) is 3.43. The van der Waals surface area contributed by atoms with Gasteiger partial charge in [0.15, 0.2) is 0 Å². The van der Waals surface area contributed by atoms with E-state index < -0.39 is 0 Å². The van der Waals surface area contributed by atoms with Crippen molar-refractivity contribution in [1.29, 1.82) is 0 Å². The third kappa shape index (κ3) is 7.03. The molecule has 0 aromatic carbocycles. The summed E-state index contributed by atoms with van der Waals surface area (Å²) in [6.45, 7) is 9.54.